The number of ether oxygens (including phenoxy) is 1. The minimum Gasteiger partial charge on any atom is -0.508 e. The van der Waals surface area contributed by atoms with E-state index in [9.17, 15) is 9.90 Å². The van der Waals surface area contributed by atoms with Crippen LogP contribution in [0.4, 0.5) is 0 Å². The molecule has 0 unspecified atom stereocenters. The lowest BCUT2D eigenvalue weighted by atomic mass is 10.2. The summed E-state index contributed by atoms with van der Waals surface area (Å²) in [6.45, 7) is 8.20. The number of phenolic OH excluding ortho intramolecular Hbond substituents is 1. The maximum absolute atomic E-state index is 11.9. The molecule has 0 aliphatic carbocycles. The van der Waals surface area contributed by atoms with Crippen molar-refractivity contribution in [1.29, 1.82) is 0 Å². The van der Waals surface area contributed by atoms with Gasteiger partial charge in [-0.1, -0.05) is 12.1 Å². The molecular weight excluding hydrogens is 346 g/mol. The predicted molar refractivity (Wildman–Crippen MR) is 106 cm³/mol. The van der Waals surface area contributed by atoms with E-state index in [2.05, 4.69) is 27.4 Å². The summed E-state index contributed by atoms with van der Waals surface area (Å²) >= 11 is 0. The fourth-order valence-electron chi connectivity index (χ4n) is 2.86. The Morgan fingerprint density at radius 3 is 2.52 bits per heavy atom. The molecule has 0 radical (unpaired) electrons. The zero-order valence-electron chi connectivity index (χ0n) is 16.3. The molecule has 27 heavy (non-hydrogen) atoms. The summed E-state index contributed by atoms with van der Waals surface area (Å²) in [6.07, 6.45) is 0. The number of carbonyl (C=O) groups is 1. The first-order valence-electron chi connectivity index (χ1n) is 9.41. The summed E-state index contributed by atoms with van der Waals surface area (Å²) in [5.41, 5.74) is 1.05. The molecule has 0 aromatic heterocycles. The summed E-state index contributed by atoms with van der Waals surface area (Å²) in [6, 6.07) is 7.10. The van der Waals surface area contributed by atoms with E-state index in [0.717, 1.165) is 44.2 Å². The first-order valence-corrected chi connectivity index (χ1v) is 9.41. The van der Waals surface area contributed by atoms with Crippen molar-refractivity contribution in [1.82, 2.24) is 20.4 Å². The number of nitrogens with one attached hydrogen (secondary N) is 2. The average Bonchev–Trinajstić information content (AvgIpc) is 2.67. The van der Waals surface area contributed by atoms with Crippen LogP contribution in [0.3, 0.4) is 0 Å². The van der Waals surface area contributed by atoms with Gasteiger partial charge in [0.2, 0.25) is 5.91 Å². The largest absolute Gasteiger partial charge is 0.508 e. The van der Waals surface area contributed by atoms with Gasteiger partial charge in [0.1, 0.15) is 5.75 Å². The smallest absolute Gasteiger partial charge is 0.234 e. The molecule has 1 fully saturated rings. The number of guanidine groups is 1. The van der Waals surface area contributed by atoms with Crippen molar-refractivity contribution in [2.45, 2.75) is 13.5 Å². The van der Waals surface area contributed by atoms with Gasteiger partial charge in [-0.25, -0.2) is 4.99 Å². The van der Waals surface area contributed by atoms with E-state index in [1.54, 1.807) is 19.2 Å². The number of methoxy groups -OCH3 is 1. The summed E-state index contributed by atoms with van der Waals surface area (Å²) in [5, 5.41) is 15.6. The van der Waals surface area contributed by atoms with Gasteiger partial charge in [0.05, 0.1) is 19.7 Å². The molecule has 8 nitrogen and oxygen atoms in total. The number of phenols is 1. The third kappa shape index (κ3) is 7.44. The third-order valence-corrected chi connectivity index (χ3v) is 4.35. The highest BCUT2D eigenvalue weighted by Gasteiger charge is 2.21. The molecule has 1 aromatic carbocycles. The van der Waals surface area contributed by atoms with Gasteiger partial charge in [-0.15, -0.1) is 0 Å². The Bertz CT molecular complexity index is 598. The van der Waals surface area contributed by atoms with Gasteiger partial charge in [0.25, 0.3) is 0 Å². The highest BCUT2D eigenvalue weighted by molar-refractivity contribution is 5.80. The van der Waals surface area contributed by atoms with Crippen molar-refractivity contribution < 1.29 is 14.6 Å². The molecule has 0 saturated carbocycles. The van der Waals surface area contributed by atoms with Crippen molar-refractivity contribution in [3.63, 3.8) is 0 Å². The van der Waals surface area contributed by atoms with Gasteiger partial charge in [0.15, 0.2) is 5.96 Å². The summed E-state index contributed by atoms with van der Waals surface area (Å²) in [7, 11) is 1.62. The van der Waals surface area contributed by atoms with E-state index in [4.69, 9.17) is 9.73 Å². The summed E-state index contributed by atoms with van der Waals surface area (Å²) < 4.78 is 4.94. The van der Waals surface area contributed by atoms with E-state index >= 15 is 0 Å². The molecule has 1 heterocycles. The molecule has 3 N–H and O–H groups in total. The lowest BCUT2D eigenvalue weighted by molar-refractivity contribution is -0.122. The number of aromatic hydroxyl groups is 1. The maximum atomic E-state index is 11.9. The minimum absolute atomic E-state index is 0.0356. The number of benzene rings is 1. The van der Waals surface area contributed by atoms with E-state index in [1.807, 2.05) is 12.1 Å². The van der Waals surface area contributed by atoms with Crippen molar-refractivity contribution in [2.75, 3.05) is 59.5 Å². The lowest BCUT2D eigenvalue weighted by Crippen LogP contribution is -2.54. The fourth-order valence-corrected chi connectivity index (χ4v) is 2.86. The molecule has 0 spiro atoms. The van der Waals surface area contributed by atoms with E-state index in [0.29, 0.717) is 26.2 Å². The van der Waals surface area contributed by atoms with Crippen LogP contribution in [0.15, 0.2) is 29.3 Å². The molecule has 1 aliphatic rings. The monoisotopic (exact) mass is 377 g/mol. The average molecular weight is 377 g/mol. The number of hydrogen-bond acceptors (Lipinski definition) is 5. The van der Waals surface area contributed by atoms with E-state index in [-0.39, 0.29) is 11.7 Å². The number of amides is 1. The van der Waals surface area contributed by atoms with E-state index in [1.165, 1.54) is 0 Å². The van der Waals surface area contributed by atoms with Gasteiger partial charge in [-0.2, -0.15) is 0 Å². The summed E-state index contributed by atoms with van der Waals surface area (Å²) in [5.74, 6) is 1.18. The first-order chi connectivity index (χ1) is 13.1. The van der Waals surface area contributed by atoms with Crippen LogP contribution < -0.4 is 10.6 Å². The second-order valence-electron chi connectivity index (χ2n) is 6.44. The van der Waals surface area contributed by atoms with Crippen LogP contribution in [-0.2, 0) is 16.1 Å². The number of hydrogen-bond donors (Lipinski definition) is 3. The van der Waals surface area contributed by atoms with Crippen molar-refractivity contribution in [3.05, 3.63) is 29.8 Å². The van der Waals surface area contributed by atoms with Gasteiger partial charge in [-0.3, -0.25) is 9.69 Å². The number of rotatable bonds is 8. The molecule has 0 atom stereocenters. The fraction of sp³-hybridized carbons (Fsp3) is 0.579. The Morgan fingerprint density at radius 2 is 1.89 bits per heavy atom. The molecule has 1 amide bonds. The summed E-state index contributed by atoms with van der Waals surface area (Å²) in [4.78, 5) is 21.0. The standard InChI is InChI=1S/C19H31N5O3/c1-3-20-19(22-14-16-4-6-17(25)7-5-16)24-11-9-23(10-12-24)15-18(26)21-8-13-27-2/h4-7,25H,3,8-15H2,1-2H3,(H,20,22)(H,21,26). The molecule has 1 saturated heterocycles. The number of piperazine rings is 1. The van der Waals surface area contributed by atoms with Gasteiger partial charge >= 0.3 is 0 Å². The third-order valence-electron chi connectivity index (χ3n) is 4.35. The maximum Gasteiger partial charge on any atom is 0.234 e. The Hall–Kier alpha value is -2.32. The minimum atomic E-state index is 0.0356. The predicted octanol–water partition coefficient (Wildman–Crippen LogP) is 0.238. The molecule has 0 bridgehead atoms. The van der Waals surface area contributed by atoms with E-state index < -0.39 is 0 Å². The molecule has 1 aromatic rings. The normalized spacial score (nSPS) is 15.6. The Morgan fingerprint density at radius 1 is 1.19 bits per heavy atom. The Balaban J connectivity index is 1.82. The lowest BCUT2D eigenvalue weighted by Gasteiger charge is -2.36. The van der Waals surface area contributed by atoms with Crippen LogP contribution in [0.1, 0.15) is 12.5 Å². The topological polar surface area (TPSA) is 89.4 Å². The van der Waals surface area contributed by atoms with Gasteiger partial charge in [0, 0.05) is 46.4 Å². The Kier molecular flexibility index (Phi) is 8.86. The zero-order chi connectivity index (χ0) is 19.5. The van der Waals surface area contributed by atoms with Crippen LogP contribution in [0.5, 0.6) is 5.75 Å². The quantitative estimate of drug-likeness (QED) is 0.342. The number of nitrogens with zero attached hydrogens (tertiary/aromatic N) is 3. The molecule has 1 aliphatic heterocycles. The van der Waals surface area contributed by atoms with Crippen molar-refractivity contribution in [3.8, 4) is 5.75 Å². The molecule has 150 valence electrons. The number of carbonyl (C=O) groups excluding carboxylic acids is 1. The van der Waals surface area contributed by atoms with Gasteiger partial charge < -0.3 is 25.4 Å². The van der Waals surface area contributed by atoms with Crippen LogP contribution >= 0.6 is 0 Å². The van der Waals surface area contributed by atoms with Crippen molar-refractivity contribution in [2.24, 2.45) is 4.99 Å². The second-order valence-corrected chi connectivity index (χ2v) is 6.44. The van der Waals surface area contributed by atoms with Crippen LogP contribution in [0.2, 0.25) is 0 Å². The van der Waals surface area contributed by atoms with Crippen molar-refractivity contribution >= 4 is 11.9 Å². The van der Waals surface area contributed by atoms with Crippen LogP contribution in [0.25, 0.3) is 0 Å². The zero-order valence-corrected chi connectivity index (χ0v) is 16.3. The number of aliphatic imine (C=N–C) groups is 1. The SMILES string of the molecule is CCNC(=NCc1ccc(O)cc1)N1CCN(CC(=O)NCCOC)CC1. The molecule has 8 heteroatoms. The van der Waals surface area contributed by atoms with Gasteiger partial charge in [-0.05, 0) is 24.6 Å². The Labute approximate surface area is 161 Å². The molecular formula is C19H31N5O3. The molecule has 2 rings (SSSR count). The van der Waals surface area contributed by atoms with Crippen LogP contribution in [-0.4, -0.2) is 86.3 Å². The highest BCUT2D eigenvalue weighted by atomic mass is 16.5. The second kappa shape index (κ2) is 11.4. The first kappa shape index (κ1) is 21.0. The highest BCUT2D eigenvalue weighted by Crippen LogP contribution is 2.11. The van der Waals surface area contributed by atoms with Crippen LogP contribution in [0, 0.1) is 0 Å².